The highest BCUT2D eigenvalue weighted by Crippen LogP contribution is 2.31. The number of nitriles is 1. The smallest absolute Gasteiger partial charge is 0.244 e. The maximum atomic E-state index is 12.1. The van der Waals surface area contributed by atoms with E-state index in [2.05, 4.69) is 10.3 Å². The van der Waals surface area contributed by atoms with Crippen LogP contribution in [0.1, 0.15) is 19.4 Å². The van der Waals surface area contributed by atoms with Gasteiger partial charge >= 0.3 is 0 Å². The van der Waals surface area contributed by atoms with Crippen molar-refractivity contribution in [1.82, 2.24) is 4.98 Å². The summed E-state index contributed by atoms with van der Waals surface area (Å²) >= 11 is 0. The van der Waals surface area contributed by atoms with E-state index in [0.717, 1.165) is 5.56 Å². The summed E-state index contributed by atoms with van der Waals surface area (Å²) in [5.41, 5.74) is 0.388. The zero-order valence-corrected chi connectivity index (χ0v) is 13.9. The van der Waals surface area contributed by atoms with Crippen molar-refractivity contribution in [2.24, 2.45) is 5.41 Å². The Morgan fingerprint density at radius 1 is 1.25 bits per heavy atom. The standard InChI is InChI=1S/C18H19N3O3/c1-18(2,12-19)17(22)21-14-4-5-15(23-3)16(10-14)24-11-13-6-8-20-9-7-13/h4-10H,11H2,1-3H3,(H,21,22). The molecule has 6 heteroatoms. The number of hydrogen-bond acceptors (Lipinski definition) is 5. The second kappa shape index (κ2) is 7.47. The van der Waals surface area contributed by atoms with E-state index in [1.54, 1.807) is 51.6 Å². The molecule has 0 atom stereocenters. The summed E-state index contributed by atoms with van der Waals surface area (Å²) in [5.74, 6) is 0.679. The van der Waals surface area contributed by atoms with Gasteiger partial charge in [-0.2, -0.15) is 5.26 Å². The molecule has 6 nitrogen and oxygen atoms in total. The minimum atomic E-state index is -1.11. The summed E-state index contributed by atoms with van der Waals surface area (Å²) in [6, 6.07) is 10.8. The molecular weight excluding hydrogens is 306 g/mol. The number of anilines is 1. The van der Waals surface area contributed by atoms with E-state index in [9.17, 15) is 4.79 Å². The normalized spacial score (nSPS) is 10.6. The van der Waals surface area contributed by atoms with Crippen LogP contribution in [0.25, 0.3) is 0 Å². The third-order valence-electron chi connectivity index (χ3n) is 3.41. The molecule has 0 fully saturated rings. The van der Waals surface area contributed by atoms with Crippen molar-refractivity contribution in [2.75, 3.05) is 12.4 Å². The van der Waals surface area contributed by atoms with Gasteiger partial charge < -0.3 is 14.8 Å². The molecular formula is C18H19N3O3. The largest absolute Gasteiger partial charge is 0.493 e. The van der Waals surface area contributed by atoms with Crippen molar-refractivity contribution >= 4 is 11.6 Å². The van der Waals surface area contributed by atoms with Gasteiger partial charge in [0.05, 0.1) is 13.2 Å². The van der Waals surface area contributed by atoms with Crippen LogP contribution in [-0.2, 0) is 11.4 Å². The zero-order valence-electron chi connectivity index (χ0n) is 13.9. The number of hydrogen-bond donors (Lipinski definition) is 1. The van der Waals surface area contributed by atoms with Crippen molar-refractivity contribution in [3.63, 3.8) is 0 Å². The number of aromatic nitrogens is 1. The third-order valence-corrected chi connectivity index (χ3v) is 3.41. The second-order valence-electron chi connectivity index (χ2n) is 5.70. The van der Waals surface area contributed by atoms with Crippen LogP contribution in [0.2, 0.25) is 0 Å². The molecule has 2 aromatic rings. The van der Waals surface area contributed by atoms with E-state index in [1.807, 2.05) is 18.2 Å². The Bertz CT molecular complexity index is 752. The lowest BCUT2D eigenvalue weighted by atomic mass is 9.94. The lowest BCUT2D eigenvalue weighted by Gasteiger charge is -2.17. The second-order valence-corrected chi connectivity index (χ2v) is 5.70. The number of rotatable bonds is 6. The third kappa shape index (κ3) is 4.23. The maximum absolute atomic E-state index is 12.1. The summed E-state index contributed by atoms with van der Waals surface area (Å²) in [4.78, 5) is 16.1. The quantitative estimate of drug-likeness (QED) is 0.882. The molecule has 0 aliphatic heterocycles. The average Bonchev–Trinajstić information content (AvgIpc) is 2.61. The van der Waals surface area contributed by atoms with Gasteiger partial charge in [0, 0.05) is 24.1 Å². The Labute approximate surface area is 141 Å². The molecule has 1 N–H and O–H groups in total. The van der Waals surface area contributed by atoms with Gasteiger partial charge in [-0.1, -0.05) is 0 Å². The lowest BCUT2D eigenvalue weighted by molar-refractivity contribution is -0.121. The number of nitrogens with one attached hydrogen (secondary N) is 1. The number of nitrogens with zero attached hydrogens (tertiary/aromatic N) is 2. The Morgan fingerprint density at radius 3 is 2.58 bits per heavy atom. The van der Waals surface area contributed by atoms with Crippen LogP contribution in [0.4, 0.5) is 5.69 Å². The van der Waals surface area contributed by atoms with Crippen molar-refractivity contribution in [3.05, 3.63) is 48.3 Å². The Morgan fingerprint density at radius 2 is 1.96 bits per heavy atom. The number of benzene rings is 1. The predicted octanol–water partition coefficient (Wildman–Crippen LogP) is 3.16. The van der Waals surface area contributed by atoms with Gasteiger partial charge in [0.2, 0.25) is 5.91 Å². The van der Waals surface area contributed by atoms with E-state index in [0.29, 0.717) is 23.8 Å². The molecule has 0 unspecified atom stereocenters. The van der Waals surface area contributed by atoms with E-state index < -0.39 is 5.41 Å². The average molecular weight is 325 g/mol. The van der Waals surface area contributed by atoms with Crippen molar-refractivity contribution < 1.29 is 14.3 Å². The van der Waals surface area contributed by atoms with Crippen LogP contribution in [0.3, 0.4) is 0 Å². The molecule has 0 spiro atoms. The maximum Gasteiger partial charge on any atom is 0.244 e. The first kappa shape index (κ1) is 17.3. The van der Waals surface area contributed by atoms with E-state index in [4.69, 9.17) is 14.7 Å². The topological polar surface area (TPSA) is 84.2 Å². The van der Waals surface area contributed by atoms with Crippen molar-refractivity contribution in [1.29, 1.82) is 5.26 Å². The van der Waals surface area contributed by atoms with Gasteiger partial charge in [0.25, 0.3) is 0 Å². The fourth-order valence-electron chi connectivity index (χ4n) is 1.85. The first-order valence-corrected chi connectivity index (χ1v) is 7.38. The fourth-order valence-corrected chi connectivity index (χ4v) is 1.85. The van der Waals surface area contributed by atoms with Crippen LogP contribution in [0.5, 0.6) is 11.5 Å². The van der Waals surface area contributed by atoms with Gasteiger partial charge in [-0.05, 0) is 43.7 Å². The number of pyridine rings is 1. The van der Waals surface area contributed by atoms with E-state index >= 15 is 0 Å². The Balaban J connectivity index is 2.15. The lowest BCUT2D eigenvalue weighted by Crippen LogP contribution is -2.29. The molecule has 1 aromatic heterocycles. The summed E-state index contributed by atoms with van der Waals surface area (Å²) in [7, 11) is 1.55. The van der Waals surface area contributed by atoms with Crippen LogP contribution in [0, 0.1) is 16.7 Å². The van der Waals surface area contributed by atoms with Gasteiger partial charge in [-0.3, -0.25) is 9.78 Å². The molecule has 2 rings (SSSR count). The van der Waals surface area contributed by atoms with Crippen LogP contribution in [0.15, 0.2) is 42.7 Å². The van der Waals surface area contributed by atoms with Crippen molar-refractivity contribution in [3.8, 4) is 17.6 Å². The highest BCUT2D eigenvalue weighted by atomic mass is 16.5. The Hall–Kier alpha value is -3.07. The highest BCUT2D eigenvalue weighted by molar-refractivity contribution is 5.96. The van der Waals surface area contributed by atoms with Gasteiger partial charge in [0.1, 0.15) is 12.0 Å². The summed E-state index contributed by atoms with van der Waals surface area (Å²) < 4.78 is 11.1. The van der Waals surface area contributed by atoms with Gasteiger partial charge in [-0.25, -0.2) is 0 Å². The molecule has 1 heterocycles. The molecule has 0 radical (unpaired) electrons. The molecule has 124 valence electrons. The molecule has 24 heavy (non-hydrogen) atoms. The molecule has 0 saturated heterocycles. The molecule has 0 aliphatic carbocycles. The van der Waals surface area contributed by atoms with Gasteiger partial charge in [0.15, 0.2) is 11.5 Å². The number of carbonyl (C=O) groups excluding carboxylic acids is 1. The molecule has 0 bridgehead atoms. The first-order chi connectivity index (χ1) is 11.5. The number of ether oxygens (including phenoxy) is 2. The van der Waals surface area contributed by atoms with E-state index in [1.165, 1.54) is 0 Å². The molecule has 1 aromatic carbocycles. The minimum Gasteiger partial charge on any atom is -0.493 e. The number of carbonyl (C=O) groups is 1. The molecule has 0 saturated carbocycles. The van der Waals surface area contributed by atoms with Crippen molar-refractivity contribution in [2.45, 2.75) is 20.5 Å². The van der Waals surface area contributed by atoms with Crippen LogP contribution in [-0.4, -0.2) is 18.0 Å². The highest BCUT2D eigenvalue weighted by Gasteiger charge is 2.27. The van der Waals surface area contributed by atoms with Gasteiger partial charge in [-0.15, -0.1) is 0 Å². The summed E-state index contributed by atoms with van der Waals surface area (Å²) in [5, 5.41) is 11.7. The minimum absolute atomic E-state index is 0.347. The molecule has 1 amide bonds. The molecule has 0 aliphatic rings. The predicted molar refractivity (Wildman–Crippen MR) is 89.6 cm³/mol. The fraction of sp³-hybridized carbons (Fsp3) is 0.278. The zero-order chi connectivity index (χ0) is 17.6. The van der Waals surface area contributed by atoms with Crippen LogP contribution < -0.4 is 14.8 Å². The first-order valence-electron chi connectivity index (χ1n) is 7.38. The summed E-state index contributed by atoms with van der Waals surface area (Å²) in [6.45, 7) is 3.47. The van der Waals surface area contributed by atoms with Crippen LogP contribution >= 0.6 is 0 Å². The monoisotopic (exact) mass is 325 g/mol. The SMILES string of the molecule is COc1ccc(NC(=O)C(C)(C)C#N)cc1OCc1ccncc1. The number of amides is 1. The van der Waals surface area contributed by atoms with E-state index in [-0.39, 0.29) is 5.91 Å². The number of methoxy groups -OCH3 is 1. The Kier molecular flexibility index (Phi) is 5.38. The summed E-state index contributed by atoms with van der Waals surface area (Å²) in [6.07, 6.45) is 3.38.